The number of halogens is 1. The predicted molar refractivity (Wildman–Crippen MR) is 124 cm³/mol. The summed E-state index contributed by atoms with van der Waals surface area (Å²) in [6.45, 7) is 11.0. The summed E-state index contributed by atoms with van der Waals surface area (Å²) in [5.41, 5.74) is 1.63. The Hall–Kier alpha value is -0.340. The summed E-state index contributed by atoms with van der Waals surface area (Å²) in [5.74, 6) is 0.981. The monoisotopic (exact) mass is 477 g/mol. The maximum absolute atomic E-state index is 4.76. The Balaban J connectivity index is 0.00000338. The van der Waals surface area contributed by atoms with Crippen molar-refractivity contribution in [1.82, 2.24) is 20.4 Å². The van der Waals surface area contributed by atoms with Crippen LogP contribution in [0.15, 0.2) is 16.6 Å². The fourth-order valence-electron chi connectivity index (χ4n) is 3.62. The van der Waals surface area contributed by atoms with E-state index in [1.165, 1.54) is 64.8 Å². The third-order valence-corrected chi connectivity index (χ3v) is 5.18. The number of nitrogens with zero attached hydrogens (tertiary/aromatic N) is 3. The van der Waals surface area contributed by atoms with Gasteiger partial charge in [0.25, 0.3) is 0 Å². The Morgan fingerprint density at radius 2 is 2.00 bits per heavy atom. The zero-order chi connectivity index (χ0) is 17.7. The molecule has 152 valence electrons. The summed E-state index contributed by atoms with van der Waals surface area (Å²) in [5, 5.41) is 6.87. The number of hydrogen-bond donors (Lipinski definition) is 2. The number of nitrogens with one attached hydrogen (secondary N) is 2. The van der Waals surface area contributed by atoms with Crippen LogP contribution in [0.4, 0.5) is 0 Å². The van der Waals surface area contributed by atoms with Crippen molar-refractivity contribution in [3.05, 3.63) is 11.6 Å². The van der Waals surface area contributed by atoms with E-state index in [0.717, 1.165) is 38.4 Å². The molecule has 2 aliphatic rings. The van der Waals surface area contributed by atoms with E-state index in [2.05, 4.69) is 40.5 Å². The highest BCUT2D eigenvalue weighted by atomic mass is 127. The van der Waals surface area contributed by atoms with Crippen LogP contribution in [-0.4, -0.2) is 75.2 Å². The Kier molecular flexibility index (Phi) is 13.4. The summed E-state index contributed by atoms with van der Waals surface area (Å²) in [7, 11) is 2.23. The maximum Gasteiger partial charge on any atom is 0.191 e. The summed E-state index contributed by atoms with van der Waals surface area (Å²) in [6.07, 6.45) is 11.3. The van der Waals surface area contributed by atoms with E-state index < -0.39 is 0 Å². The molecule has 0 unspecified atom stereocenters. The van der Waals surface area contributed by atoms with Crippen molar-refractivity contribution in [3.8, 4) is 0 Å². The van der Waals surface area contributed by atoms with E-state index in [1.54, 1.807) is 5.57 Å². The van der Waals surface area contributed by atoms with Crippen molar-refractivity contribution in [1.29, 1.82) is 0 Å². The van der Waals surface area contributed by atoms with Crippen LogP contribution in [0.5, 0.6) is 0 Å². The number of aliphatic imine (C=N–C) groups is 1. The summed E-state index contributed by atoms with van der Waals surface area (Å²) in [4.78, 5) is 9.79. The number of allylic oxidation sites excluding steroid dienone is 1. The van der Waals surface area contributed by atoms with Crippen LogP contribution in [0, 0.1) is 0 Å². The van der Waals surface area contributed by atoms with Crippen molar-refractivity contribution in [2.75, 3.05) is 59.4 Å². The summed E-state index contributed by atoms with van der Waals surface area (Å²) < 4.78 is 0. The second-order valence-electron chi connectivity index (χ2n) is 7.40. The van der Waals surface area contributed by atoms with E-state index >= 15 is 0 Å². The van der Waals surface area contributed by atoms with Crippen molar-refractivity contribution in [3.63, 3.8) is 0 Å². The molecule has 2 N–H and O–H groups in total. The smallest absolute Gasteiger partial charge is 0.191 e. The van der Waals surface area contributed by atoms with Gasteiger partial charge in [0.1, 0.15) is 0 Å². The third-order valence-electron chi connectivity index (χ3n) is 5.18. The zero-order valence-corrected chi connectivity index (χ0v) is 19.3. The van der Waals surface area contributed by atoms with Crippen LogP contribution in [-0.2, 0) is 0 Å². The van der Waals surface area contributed by atoms with Gasteiger partial charge in [0.05, 0.1) is 0 Å². The second-order valence-corrected chi connectivity index (χ2v) is 7.40. The molecule has 1 aliphatic carbocycles. The van der Waals surface area contributed by atoms with Gasteiger partial charge in [-0.3, -0.25) is 4.99 Å². The van der Waals surface area contributed by atoms with Gasteiger partial charge in [-0.15, -0.1) is 24.0 Å². The van der Waals surface area contributed by atoms with Gasteiger partial charge >= 0.3 is 0 Å². The molecule has 1 aliphatic heterocycles. The molecule has 0 spiro atoms. The Morgan fingerprint density at radius 1 is 1.12 bits per heavy atom. The predicted octanol–water partition coefficient (Wildman–Crippen LogP) is 3.08. The van der Waals surface area contributed by atoms with E-state index in [-0.39, 0.29) is 24.0 Å². The first-order valence-corrected chi connectivity index (χ1v) is 10.4. The van der Waals surface area contributed by atoms with Gasteiger partial charge in [-0.05, 0) is 78.6 Å². The lowest BCUT2D eigenvalue weighted by Gasteiger charge is -2.19. The quantitative estimate of drug-likeness (QED) is 0.186. The minimum absolute atomic E-state index is 0. The van der Waals surface area contributed by atoms with Crippen molar-refractivity contribution in [2.24, 2.45) is 4.99 Å². The second kappa shape index (κ2) is 14.7. The molecular weight excluding hydrogens is 437 g/mol. The van der Waals surface area contributed by atoms with Crippen molar-refractivity contribution >= 4 is 29.9 Å². The number of likely N-dealkylation sites (N-methyl/N-ethyl adjacent to an activating group) is 1. The zero-order valence-electron chi connectivity index (χ0n) is 16.9. The minimum Gasteiger partial charge on any atom is -0.357 e. The first-order chi connectivity index (χ1) is 12.3. The molecule has 6 heteroatoms. The van der Waals surface area contributed by atoms with Gasteiger partial charge in [0.2, 0.25) is 0 Å². The Morgan fingerprint density at radius 3 is 2.77 bits per heavy atom. The molecule has 0 atom stereocenters. The molecule has 0 aromatic carbocycles. The lowest BCUT2D eigenvalue weighted by Crippen LogP contribution is -2.38. The molecule has 5 nitrogen and oxygen atoms in total. The topological polar surface area (TPSA) is 42.9 Å². The Bertz CT molecular complexity index is 424. The summed E-state index contributed by atoms with van der Waals surface area (Å²) in [6, 6.07) is 0. The van der Waals surface area contributed by atoms with E-state index in [4.69, 9.17) is 4.99 Å². The lowest BCUT2D eigenvalue weighted by molar-refractivity contribution is 0.275. The van der Waals surface area contributed by atoms with E-state index in [1.807, 2.05) is 0 Å². The molecule has 0 bridgehead atoms. The molecule has 1 saturated heterocycles. The molecule has 2 rings (SSSR count). The highest BCUT2D eigenvalue weighted by molar-refractivity contribution is 14.0. The molecule has 0 saturated carbocycles. The highest BCUT2D eigenvalue weighted by Gasteiger charge is 2.11. The fraction of sp³-hybridized carbons (Fsp3) is 0.850. The van der Waals surface area contributed by atoms with Gasteiger partial charge < -0.3 is 20.4 Å². The Labute approximate surface area is 178 Å². The van der Waals surface area contributed by atoms with E-state index in [9.17, 15) is 0 Å². The van der Waals surface area contributed by atoms with Gasteiger partial charge in [-0.1, -0.05) is 11.6 Å². The van der Waals surface area contributed by atoms with Crippen LogP contribution in [0.2, 0.25) is 0 Å². The van der Waals surface area contributed by atoms with Crippen molar-refractivity contribution < 1.29 is 0 Å². The number of guanidine groups is 1. The number of hydrogen-bond acceptors (Lipinski definition) is 3. The van der Waals surface area contributed by atoms with Crippen LogP contribution < -0.4 is 10.6 Å². The largest absolute Gasteiger partial charge is 0.357 e. The van der Waals surface area contributed by atoms with Crippen LogP contribution in [0.25, 0.3) is 0 Å². The van der Waals surface area contributed by atoms with Gasteiger partial charge in [-0.25, -0.2) is 0 Å². The highest BCUT2D eigenvalue weighted by Crippen LogP contribution is 2.19. The molecule has 0 radical (unpaired) electrons. The SMILES string of the molecule is CCNC(=NCCCN1CCCN(C)CC1)NCCC1=CCCCC1.I. The summed E-state index contributed by atoms with van der Waals surface area (Å²) >= 11 is 0. The standard InChI is InChI=1S/C20H39N5.HI/c1-3-21-20(23-13-11-19-9-5-4-6-10-19)22-12-7-15-25-16-8-14-24(2)17-18-25;/h9H,3-8,10-18H2,1-2H3,(H2,21,22,23);1H. The van der Waals surface area contributed by atoms with Gasteiger partial charge in [0, 0.05) is 32.7 Å². The normalized spacial score (nSPS) is 20.1. The first kappa shape index (κ1) is 23.7. The van der Waals surface area contributed by atoms with Crippen molar-refractivity contribution in [2.45, 2.75) is 51.9 Å². The van der Waals surface area contributed by atoms with Crippen LogP contribution in [0.1, 0.15) is 51.9 Å². The maximum atomic E-state index is 4.76. The molecule has 0 aromatic heterocycles. The molecule has 0 aromatic rings. The fourth-order valence-corrected chi connectivity index (χ4v) is 3.62. The third kappa shape index (κ3) is 10.1. The van der Waals surface area contributed by atoms with Gasteiger partial charge in [-0.2, -0.15) is 0 Å². The lowest BCUT2D eigenvalue weighted by atomic mass is 9.97. The average molecular weight is 477 g/mol. The van der Waals surface area contributed by atoms with Gasteiger partial charge in [0.15, 0.2) is 5.96 Å². The molecule has 1 fully saturated rings. The van der Waals surface area contributed by atoms with Crippen LogP contribution in [0.3, 0.4) is 0 Å². The molecule has 26 heavy (non-hydrogen) atoms. The molecular formula is C20H40IN5. The average Bonchev–Trinajstić information content (AvgIpc) is 2.84. The van der Waals surface area contributed by atoms with E-state index in [0.29, 0.717) is 0 Å². The van der Waals surface area contributed by atoms with Crippen LogP contribution >= 0.6 is 24.0 Å². The molecule has 1 heterocycles. The first-order valence-electron chi connectivity index (χ1n) is 10.4. The number of rotatable bonds is 8. The minimum atomic E-state index is 0. The molecule has 0 amide bonds.